The summed E-state index contributed by atoms with van der Waals surface area (Å²) in [5.41, 5.74) is 15.6. The molecule has 4 heteroatoms. The second kappa shape index (κ2) is 16.2. The number of para-hydroxylation sites is 1. The maximum Gasteiger partial charge on any atom is 0.164 e. The number of nitrogens with zero attached hydrogens (tertiary/aromatic N) is 3. The summed E-state index contributed by atoms with van der Waals surface area (Å²) in [4.78, 5) is 15.8. The van der Waals surface area contributed by atoms with Crippen LogP contribution < -0.4 is 0 Å². The van der Waals surface area contributed by atoms with Crippen molar-refractivity contribution in [1.82, 2.24) is 15.0 Å². The fourth-order valence-electron chi connectivity index (χ4n) is 9.20. The molecule has 0 unspecified atom stereocenters. The third-order valence-electron chi connectivity index (χ3n) is 12.4. The number of aromatic nitrogens is 3. The number of furan rings is 1. The second-order valence-electron chi connectivity index (χ2n) is 16.3. The van der Waals surface area contributed by atoms with E-state index in [1.165, 1.54) is 21.9 Å². The van der Waals surface area contributed by atoms with Crippen LogP contribution in [0.5, 0.6) is 0 Å². The Morgan fingerprint density at radius 2 is 0.754 bits per heavy atom. The van der Waals surface area contributed by atoms with Crippen LogP contribution in [0, 0.1) is 0 Å². The Morgan fingerprint density at radius 1 is 0.262 bits per heavy atom. The second-order valence-corrected chi connectivity index (χ2v) is 16.3. The highest BCUT2D eigenvalue weighted by molar-refractivity contribution is 6.15. The lowest BCUT2D eigenvalue weighted by Gasteiger charge is -2.13. The Labute approximate surface area is 376 Å². The highest BCUT2D eigenvalue weighted by Crippen LogP contribution is 2.43. The maximum absolute atomic E-state index is 6.87. The van der Waals surface area contributed by atoms with Crippen LogP contribution in [0.3, 0.4) is 0 Å². The van der Waals surface area contributed by atoms with Crippen molar-refractivity contribution in [2.24, 2.45) is 0 Å². The van der Waals surface area contributed by atoms with E-state index >= 15 is 0 Å². The van der Waals surface area contributed by atoms with E-state index in [1.54, 1.807) is 0 Å². The molecule has 4 nitrogen and oxygen atoms in total. The molecule has 2 aromatic heterocycles. The van der Waals surface area contributed by atoms with Crippen molar-refractivity contribution in [2.75, 3.05) is 0 Å². The Hall–Kier alpha value is -8.73. The molecular weight excluding hydrogens is 791 g/mol. The number of benzene rings is 10. The van der Waals surface area contributed by atoms with Gasteiger partial charge in [0.05, 0.1) is 0 Å². The minimum atomic E-state index is 0.574. The molecule has 0 saturated heterocycles. The molecule has 65 heavy (non-hydrogen) atoms. The summed E-state index contributed by atoms with van der Waals surface area (Å²) in [5.74, 6) is 1.76. The van der Waals surface area contributed by atoms with Gasteiger partial charge >= 0.3 is 0 Å². The van der Waals surface area contributed by atoms with Gasteiger partial charge in [-0.15, -0.1) is 0 Å². The number of rotatable bonds is 8. The average Bonchev–Trinajstić information content (AvgIpc) is 3.78. The highest BCUT2D eigenvalue weighted by atomic mass is 16.3. The molecule has 0 aliphatic rings. The van der Waals surface area contributed by atoms with Gasteiger partial charge in [-0.1, -0.05) is 218 Å². The van der Waals surface area contributed by atoms with Crippen LogP contribution in [0.15, 0.2) is 241 Å². The standard InChI is InChI=1S/C61H39N3O/c1-4-16-40(17-5-1)41-32-34-45(35-33-41)59-62-60(48-25-12-24-46(38-48)50-27-13-23-43-22-10-11-26-49(43)50)64-61(63-59)54-30-15-31-56-57(54)53-29-14-28-52(58(53)65-56)47-36-37-51(42-18-6-2-7-19-42)55(39-47)44-20-8-3-9-21-44/h1-39H. The van der Waals surface area contributed by atoms with Crippen molar-refractivity contribution >= 4 is 32.7 Å². The van der Waals surface area contributed by atoms with Crippen molar-refractivity contribution in [1.29, 1.82) is 0 Å². The summed E-state index contributed by atoms with van der Waals surface area (Å²) >= 11 is 0. The third-order valence-corrected chi connectivity index (χ3v) is 12.4. The van der Waals surface area contributed by atoms with E-state index in [-0.39, 0.29) is 0 Å². The van der Waals surface area contributed by atoms with Gasteiger partial charge in [-0.25, -0.2) is 15.0 Å². The Morgan fingerprint density at radius 3 is 1.54 bits per heavy atom. The van der Waals surface area contributed by atoms with E-state index in [0.717, 1.165) is 83.1 Å². The first-order valence-electron chi connectivity index (χ1n) is 21.9. The summed E-state index contributed by atoms with van der Waals surface area (Å²) in [5, 5.41) is 4.35. The van der Waals surface area contributed by atoms with E-state index in [2.05, 4.69) is 218 Å². The van der Waals surface area contributed by atoms with E-state index in [0.29, 0.717) is 17.5 Å². The summed E-state index contributed by atoms with van der Waals surface area (Å²) in [6.45, 7) is 0. The van der Waals surface area contributed by atoms with E-state index < -0.39 is 0 Å². The van der Waals surface area contributed by atoms with Gasteiger partial charge in [-0.2, -0.15) is 0 Å². The zero-order valence-corrected chi connectivity index (χ0v) is 35.3. The number of fused-ring (bicyclic) bond motifs is 4. The molecule has 0 spiro atoms. The number of hydrogen-bond acceptors (Lipinski definition) is 4. The van der Waals surface area contributed by atoms with E-state index in [4.69, 9.17) is 19.4 Å². The summed E-state index contributed by atoms with van der Waals surface area (Å²) < 4.78 is 6.87. The largest absolute Gasteiger partial charge is 0.455 e. The topological polar surface area (TPSA) is 51.8 Å². The molecule has 0 atom stereocenters. The van der Waals surface area contributed by atoms with Gasteiger partial charge in [0.1, 0.15) is 11.2 Å². The first kappa shape index (κ1) is 38.0. The van der Waals surface area contributed by atoms with Crippen LogP contribution in [0.4, 0.5) is 0 Å². The lowest BCUT2D eigenvalue weighted by Crippen LogP contribution is -2.00. The van der Waals surface area contributed by atoms with Crippen LogP contribution in [0.1, 0.15) is 0 Å². The molecular formula is C61H39N3O. The molecule has 0 aliphatic carbocycles. The molecule has 0 aliphatic heterocycles. The minimum absolute atomic E-state index is 0.574. The van der Waals surface area contributed by atoms with Crippen molar-refractivity contribution in [3.8, 4) is 89.8 Å². The normalized spacial score (nSPS) is 11.4. The summed E-state index contributed by atoms with van der Waals surface area (Å²) in [6.07, 6.45) is 0. The Kier molecular flexibility index (Phi) is 9.46. The molecule has 0 fully saturated rings. The van der Waals surface area contributed by atoms with Gasteiger partial charge in [0.2, 0.25) is 0 Å². The molecule has 0 N–H and O–H groups in total. The van der Waals surface area contributed by atoms with Crippen molar-refractivity contribution in [3.63, 3.8) is 0 Å². The van der Waals surface area contributed by atoms with Crippen LogP contribution >= 0.6 is 0 Å². The van der Waals surface area contributed by atoms with Gasteiger partial charge in [-0.3, -0.25) is 0 Å². The summed E-state index contributed by atoms with van der Waals surface area (Å²) in [7, 11) is 0. The SMILES string of the molecule is c1ccc(-c2ccc(-c3nc(-c4cccc(-c5cccc6ccccc56)c4)nc(-c4cccc5oc6c(-c7ccc(-c8ccccc8)c(-c8ccccc8)c7)cccc6c45)n3)cc2)cc1. The number of hydrogen-bond donors (Lipinski definition) is 0. The smallest absolute Gasteiger partial charge is 0.164 e. The molecule has 0 bridgehead atoms. The van der Waals surface area contributed by atoms with Crippen molar-refractivity contribution in [2.45, 2.75) is 0 Å². The van der Waals surface area contributed by atoms with E-state index in [9.17, 15) is 0 Å². The monoisotopic (exact) mass is 829 g/mol. The minimum Gasteiger partial charge on any atom is -0.455 e. The fraction of sp³-hybridized carbons (Fsp3) is 0. The predicted molar refractivity (Wildman–Crippen MR) is 268 cm³/mol. The van der Waals surface area contributed by atoms with E-state index in [1.807, 2.05) is 18.2 Å². The predicted octanol–water partition coefficient (Wildman–Crippen LogP) is 16.3. The fourth-order valence-corrected chi connectivity index (χ4v) is 9.20. The molecule has 0 saturated carbocycles. The molecule has 12 rings (SSSR count). The Bertz CT molecular complexity index is 3690. The first-order valence-corrected chi connectivity index (χ1v) is 21.9. The van der Waals surface area contributed by atoms with Gasteiger partial charge < -0.3 is 4.42 Å². The quantitative estimate of drug-likeness (QED) is 0.153. The lowest BCUT2D eigenvalue weighted by molar-refractivity contribution is 0.670. The van der Waals surface area contributed by atoms with Crippen LogP contribution in [-0.2, 0) is 0 Å². The molecule has 12 aromatic rings. The third kappa shape index (κ3) is 7.04. The summed E-state index contributed by atoms with van der Waals surface area (Å²) in [6, 6.07) is 82.9. The first-order chi connectivity index (χ1) is 32.2. The molecule has 2 heterocycles. The van der Waals surface area contributed by atoms with Crippen molar-refractivity contribution < 1.29 is 4.42 Å². The van der Waals surface area contributed by atoms with Crippen LogP contribution in [0.2, 0.25) is 0 Å². The van der Waals surface area contributed by atoms with Crippen molar-refractivity contribution in [3.05, 3.63) is 237 Å². The maximum atomic E-state index is 6.87. The zero-order chi connectivity index (χ0) is 43.1. The van der Waals surface area contributed by atoms with Gasteiger partial charge in [0, 0.05) is 33.0 Å². The highest BCUT2D eigenvalue weighted by Gasteiger charge is 2.21. The molecule has 0 radical (unpaired) electrons. The van der Waals surface area contributed by atoms with Crippen LogP contribution in [0.25, 0.3) is 123 Å². The average molecular weight is 830 g/mol. The molecule has 304 valence electrons. The lowest BCUT2D eigenvalue weighted by atomic mass is 9.90. The Balaban J connectivity index is 1.02. The molecule has 0 amide bonds. The van der Waals surface area contributed by atoms with Gasteiger partial charge in [0.25, 0.3) is 0 Å². The molecule has 10 aromatic carbocycles. The van der Waals surface area contributed by atoms with Gasteiger partial charge in [-0.05, 0) is 79.0 Å². The van der Waals surface area contributed by atoms with Gasteiger partial charge in [0.15, 0.2) is 17.5 Å². The zero-order valence-electron chi connectivity index (χ0n) is 35.3. The van der Waals surface area contributed by atoms with Crippen LogP contribution in [-0.4, -0.2) is 15.0 Å².